The molecule has 4 nitrogen and oxygen atoms in total. The van der Waals surface area contributed by atoms with Crippen LogP contribution in [0, 0.1) is 5.92 Å². The first-order valence-electron chi connectivity index (χ1n) is 6.75. The van der Waals surface area contributed by atoms with Gasteiger partial charge < -0.3 is 15.7 Å². The first-order chi connectivity index (χ1) is 8.06. The van der Waals surface area contributed by atoms with E-state index in [1.54, 1.807) is 0 Å². The molecule has 0 aliphatic heterocycles. The Labute approximate surface area is 104 Å². The number of carbonyl (C=O) groups is 1. The van der Waals surface area contributed by atoms with E-state index in [1.165, 1.54) is 6.42 Å². The quantitative estimate of drug-likeness (QED) is 0.610. The second kappa shape index (κ2) is 6.97. The molecule has 1 aliphatic carbocycles. The molecule has 2 atom stereocenters. The fourth-order valence-corrected chi connectivity index (χ4v) is 2.52. The zero-order valence-corrected chi connectivity index (χ0v) is 11.1. The lowest BCUT2D eigenvalue weighted by Gasteiger charge is -2.35. The van der Waals surface area contributed by atoms with E-state index in [4.69, 9.17) is 0 Å². The maximum atomic E-state index is 11.5. The van der Waals surface area contributed by atoms with Crippen molar-refractivity contribution in [3.63, 3.8) is 0 Å². The summed E-state index contributed by atoms with van der Waals surface area (Å²) < 4.78 is 0. The van der Waals surface area contributed by atoms with Crippen LogP contribution in [0.1, 0.15) is 46.0 Å². The Hall–Kier alpha value is -0.610. The highest BCUT2D eigenvalue weighted by atomic mass is 16.3. The van der Waals surface area contributed by atoms with Crippen molar-refractivity contribution in [1.82, 2.24) is 10.6 Å². The van der Waals surface area contributed by atoms with Gasteiger partial charge in [0.1, 0.15) is 0 Å². The van der Waals surface area contributed by atoms with Crippen LogP contribution in [0.5, 0.6) is 0 Å². The lowest BCUT2D eigenvalue weighted by atomic mass is 9.79. The van der Waals surface area contributed by atoms with Crippen LogP contribution in [0.2, 0.25) is 0 Å². The number of hydrogen-bond acceptors (Lipinski definition) is 3. The van der Waals surface area contributed by atoms with Gasteiger partial charge in [-0.3, -0.25) is 4.79 Å². The molecule has 0 heterocycles. The van der Waals surface area contributed by atoms with Crippen LogP contribution < -0.4 is 10.6 Å². The third kappa shape index (κ3) is 5.50. The lowest BCUT2D eigenvalue weighted by molar-refractivity contribution is -0.122. The monoisotopic (exact) mass is 242 g/mol. The number of aliphatic hydroxyl groups is 1. The molecule has 3 N–H and O–H groups in total. The summed E-state index contributed by atoms with van der Waals surface area (Å²) in [4.78, 5) is 11.5. The van der Waals surface area contributed by atoms with Gasteiger partial charge in [-0.25, -0.2) is 0 Å². The van der Waals surface area contributed by atoms with Gasteiger partial charge in [-0.15, -0.1) is 0 Å². The van der Waals surface area contributed by atoms with Crippen molar-refractivity contribution in [1.29, 1.82) is 0 Å². The minimum Gasteiger partial charge on any atom is -0.388 e. The van der Waals surface area contributed by atoms with Gasteiger partial charge in [-0.05, 0) is 25.3 Å². The van der Waals surface area contributed by atoms with Crippen LogP contribution in [0.15, 0.2) is 0 Å². The maximum absolute atomic E-state index is 11.5. The zero-order chi connectivity index (χ0) is 12.7. The highest BCUT2D eigenvalue weighted by Crippen LogP contribution is 2.31. The average molecular weight is 242 g/mol. The van der Waals surface area contributed by atoms with Gasteiger partial charge in [0.15, 0.2) is 0 Å². The first kappa shape index (κ1) is 14.5. The molecule has 0 aromatic rings. The van der Waals surface area contributed by atoms with Crippen LogP contribution in [-0.4, -0.2) is 36.2 Å². The van der Waals surface area contributed by atoms with Crippen LogP contribution in [0.3, 0.4) is 0 Å². The van der Waals surface area contributed by atoms with E-state index >= 15 is 0 Å². The molecule has 0 aromatic carbocycles. The molecule has 1 saturated carbocycles. The van der Waals surface area contributed by atoms with Crippen LogP contribution >= 0.6 is 0 Å². The number of carbonyl (C=O) groups excluding carboxylic acids is 1. The van der Waals surface area contributed by atoms with Crippen LogP contribution in [0.25, 0.3) is 0 Å². The van der Waals surface area contributed by atoms with Crippen molar-refractivity contribution in [2.75, 3.05) is 19.6 Å². The Morgan fingerprint density at radius 3 is 2.94 bits per heavy atom. The second-order valence-electron chi connectivity index (χ2n) is 5.31. The molecule has 0 aromatic heterocycles. The molecule has 0 radical (unpaired) electrons. The normalized spacial score (nSPS) is 29.0. The SMILES string of the molecule is CCNCCC(=O)NCC1(O)CCCC(C)C1. The third-order valence-electron chi connectivity index (χ3n) is 3.46. The molecule has 0 bridgehead atoms. The molecule has 1 fully saturated rings. The van der Waals surface area contributed by atoms with Crippen molar-refractivity contribution >= 4 is 5.91 Å². The van der Waals surface area contributed by atoms with Gasteiger partial charge in [0.25, 0.3) is 0 Å². The fourth-order valence-electron chi connectivity index (χ4n) is 2.52. The van der Waals surface area contributed by atoms with E-state index in [0.717, 1.165) is 25.8 Å². The van der Waals surface area contributed by atoms with Crippen molar-refractivity contribution in [3.8, 4) is 0 Å². The summed E-state index contributed by atoms with van der Waals surface area (Å²) in [6.07, 6.45) is 4.35. The molecule has 2 unspecified atom stereocenters. The van der Waals surface area contributed by atoms with Gasteiger partial charge in [0.2, 0.25) is 5.91 Å². The molecular formula is C13H26N2O2. The standard InChI is InChI=1S/C13H26N2O2/c1-3-14-8-6-12(16)15-10-13(17)7-4-5-11(2)9-13/h11,14,17H,3-10H2,1-2H3,(H,15,16). The molecule has 1 rings (SSSR count). The summed E-state index contributed by atoms with van der Waals surface area (Å²) in [7, 11) is 0. The highest BCUT2D eigenvalue weighted by molar-refractivity contribution is 5.76. The molecule has 17 heavy (non-hydrogen) atoms. The van der Waals surface area contributed by atoms with Gasteiger partial charge in [0.05, 0.1) is 5.60 Å². The van der Waals surface area contributed by atoms with Crippen LogP contribution in [0.4, 0.5) is 0 Å². The largest absolute Gasteiger partial charge is 0.388 e. The fraction of sp³-hybridized carbons (Fsp3) is 0.923. The molecule has 100 valence electrons. The maximum Gasteiger partial charge on any atom is 0.221 e. The number of nitrogens with one attached hydrogen (secondary N) is 2. The van der Waals surface area contributed by atoms with Crippen molar-refractivity contribution in [2.45, 2.75) is 51.6 Å². The van der Waals surface area contributed by atoms with Gasteiger partial charge in [-0.2, -0.15) is 0 Å². The summed E-state index contributed by atoms with van der Waals surface area (Å²) in [5.41, 5.74) is -0.675. The van der Waals surface area contributed by atoms with E-state index in [1.807, 2.05) is 6.92 Å². The number of rotatable bonds is 6. The molecular weight excluding hydrogens is 216 g/mol. The average Bonchev–Trinajstić information content (AvgIpc) is 2.27. The molecule has 4 heteroatoms. The van der Waals surface area contributed by atoms with E-state index in [9.17, 15) is 9.90 Å². The summed E-state index contributed by atoms with van der Waals surface area (Å²) in [6.45, 7) is 6.18. The van der Waals surface area contributed by atoms with Gasteiger partial charge in [-0.1, -0.05) is 26.7 Å². The Morgan fingerprint density at radius 1 is 1.53 bits per heavy atom. The van der Waals surface area contributed by atoms with Crippen LogP contribution in [-0.2, 0) is 4.79 Å². The predicted octanol–water partition coefficient (Wildman–Crippen LogP) is 1.04. The third-order valence-corrected chi connectivity index (χ3v) is 3.46. The molecule has 1 aliphatic rings. The Morgan fingerprint density at radius 2 is 2.29 bits per heavy atom. The van der Waals surface area contributed by atoms with Crippen molar-refractivity contribution < 1.29 is 9.90 Å². The van der Waals surface area contributed by atoms with Crippen molar-refractivity contribution in [2.24, 2.45) is 5.92 Å². The zero-order valence-electron chi connectivity index (χ0n) is 11.1. The van der Waals surface area contributed by atoms with Gasteiger partial charge >= 0.3 is 0 Å². The minimum atomic E-state index is -0.675. The number of hydrogen-bond donors (Lipinski definition) is 3. The molecule has 0 spiro atoms. The second-order valence-corrected chi connectivity index (χ2v) is 5.31. The summed E-state index contributed by atoms with van der Waals surface area (Å²) in [6, 6.07) is 0. The summed E-state index contributed by atoms with van der Waals surface area (Å²) in [5.74, 6) is 0.588. The van der Waals surface area contributed by atoms with Gasteiger partial charge in [0, 0.05) is 19.5 Å². The molecule has 1 amide bonds. The molecule has 0 saturated heterocycles. The lowest BCUT2D eigenvalue weighted by Crippen LogP contribution is -2.46. The minimum absolute atomic E-state index is 0.0256. The highest BCUT2D eigenvalue weighted by Gasteiger charge is 2.32. The van der Waals surface area contributed by atoms with E-state index < -0.39 is 5.60 Å². The summed E-state index contributed by atoms with van der Waals surface area (Å²) >= 11 is 0. The Balaban J connectivity index is 2.21. The van der Waals surface area contributed by atoms with E-state index in [-0.39, 0.29) is 5.91 Å². The number of amides is 1. The Bertz CT molecular complexity index is 246. The Kier molecular flexibility index (Phi) is 5.92. The first-order valence-corrected chi connectivity index (χ1v) is 6.75. The van der Waals surface area contributed by atoms with E-state index in [0.29, 0.717) is 25.4 Å². The van der Waals surface area contributed by atoms with Crippen molar-refractivity contribution in [3.05, 3.63) is 0 Å². The smallest absolute Gasteiger partial charge is 0.221 e. The topological polar surface area (TPSA) is 61.4 Å². The summed E-state index contributed by atoms with van der Waals surface area (Å²) in [5, 5.41) is 16.3. The van der Waals surface area contributed by atoms with E-state index in [2.05, 4.69) is 17.6 Å². The predicted molar refractivity (Wildman–Crippen MR) is 68.8 cm³/mol.